The van der Waals surface area contributed by atoms with Gasteiger partial charge in [-0.3, -0.25) is 4.98 Å². The van der Waals surface area contributed by atoms with Gasteiger partial charge in [0, 0.05) is 24.2 Å². The van der Waals surface area contributed by atoms with E-state index in [1.54, 1.807) is 36.5 Å². The highest BCUT2D eigenvalue weighted by Gasteiger charge is 2.27. The Morgan fingerprint density at radius 1 is 1.07 bits per heavy atom. The molecule has 0 fully saturated rings. The Bertz CT molecular complexity index is 1030. The van der Waals surface area contributed by atoms with Crippen molar-refractivity contribution in [2.75, 3.05) is 19.1 Å². The zero-order valence-electron chi connectivity index (χ0n) is 16.4. The minimum Gasteiger partial charge on any atom is -0.484 e. The third-order valence-electron chi connectivity index (χ3n) is 4.18. The van der Waals surface area contributed by atoms with Crippen LogP contribution in [0.15, 0.2) is 78.3 Å². The number of allylic oxidation sites excluding steroid dienone is 2. The van der Waals surface area contributed by atoms with Gasteiger partial charge in [0.1, 0.15) is 12.3 Å². The first-order chi connectivity index (χ1) is 14.5. The Hall–Kier alpha value is -3.94. The SMILES string of the molecule is COC(=O)C1=C(C(=O)OC)N(c2ccc(OCc3ccccn3)c(F)c2)C=CC=C1. The maximum absolute atomic E-state index is 14.7. The van der Waals surface area contributed by atoms with Gasteiger partial charge in [0.05, 0.1) is 25.5 Å². The minimum absolute atomic E-state index is 0.0229. The number of halogens is 1. The molecule has 8 heteroatoms. The van der Waals surface area contributed by atoms with Crippen molar-refractivity contribution >= 4 is 17.6 Å². The molecule has 2 heterocycles. The normalized spacial score (nSPS) is 13.1. The highest BCUT2D eigenvalue weighted by Crippen LogP contribution is 2.30. The number of ether oxygens (including phenoxy) is 3. The van der Waals surface area contributed by atoms with E-state index in [4.69, 9.17) is 14.2 Å². The van der Waals surface area contributed by atoms with E-state index in [-0.39, 0.29) is 23.6 Å². The van der Waals surface area contributed by atoms with Gasteiger partial charge in [0.25, 0.3) is 0 Å². The molecule has 0 saturated heterocycles. The van der Waals surface area contributed by atoms with Gasteiger partial charge in [-0.15, -0.1) is 0 Å². The average molecular weight is 410 g/mol. The van der Waals surface area contributed by atoms with Gasteiger partial charge in [0.2, 0.25) is 0 Å². The fourth-order valence-corrected chi connectivity index (χ4v) is 2.76. The molecule has 3 rings (SSSR count). The Morgan fingerprint density at radius 2 is 1.87 bits per heavy atom. The Balaban J connectivity index is 1.93. The number of methoxy groups -OCH3 is 2. The number of carbonyl (C=O) groups excluding carboxylic acids is 2. The molecule has 0 radical (unpaired) electrons. The van der Waals surface area contributed by atoms with E-state index >= 15 is 0 Å². The highest BCUT2D eigenvalue weighted by atomic mass is 19.1. The Labute approximate surface area is 172 Å². The van der Waals surface area contributed by atoms with E-state index in [1.165, 1.54) is 43.5 Å². The Kier molecular flexibility index (Phi) is 6.59. The van der Waals surface area contributed by atoms with Crippen LogP contribution in [0.3, 0.4) is 0 Å². The van der Waals surface area contributed by atoms with E-state index in [0.717, 1.165) is 0 Å². The summed E-state index contributed by atoms with van der Waals surface area (Å²) < 4.78 is 29.8. The lowest BCUT2D eigenvalue weighted by molar-refractivity contribution is -0.139. The molecule has 30 heavy (non-hydrogen) atoms. The molecule has 0 saturated carbocycles. The fourth-order valence-electron chi connectivity index (χ4n) is 2.76. The van der Waals surface area contributed by atoms with Crippen LogP contribution in [0.2, 0.25) is 0 Å². The van der Waals surface area contributed by atoms with Crippen LogP contribution in [0, 0.1) is 5.82 Å². The summed E-state index contributed by atoms with van der Waals surface area (Å²) in [6.45, 7) is 0.102. The van der Waals surface area contributed by atoms with Crippen LogP contribution in [0.25, 0.3) is 0 Å². The molecule has 0 spiro atoms. The molecule has 7 nitrogen and oxygen atoms in total. The maximum atomic E-state index is 14.7. The number of benzene rings is 1. The van der Waals surface area contributed by atoms with Gasteiger partial charge < -0.3 is 19.1 Å². The molecule has 1 aromatic carbocycles. The molecule has 0 N–H and O–H groups in total. The third kappa shape index (κ3) is 4.54. The molecule has 0 bridgehead atoms. The molecule has 1 aliphatic rings. The largest absolute Gasteiger partial charge is 0.484 e. The second kappa shape index (κ2) is 9.51. The number of hydrogen-bond donors (Lipinski definition) is 0. The number of esters is 2. The molecule has 1 aromatic heterocycles. The van der Waals surface area contributed by atoms with Gasteiger partial charge in [0.15, 0.2) is 11.6 Å². The zero-order valence-corrected chi connectivity index (χ0v) is 16.4. The van der Waals surface area contributed by atoms with Crippen LogP contribution >= 0.6 is 0 Å². The summed E-state index contributed by atoms with van der Waals surface area (Å²) >= 11 is 0. The summed E-state index contributed by atoms with van der Waals surface area (Å²) in [4.78, 5) is 30.1. The van der Waals surface area contributed by atoms with Crippen molar-refractivity contribution < 1.29 is 28.2 Å². The average Bonchev–Trinajstić information content (AvgIpc) is 3.01. The number of nitrogens with zero attached hydrogens (tertiary/aromatic N) is 2. The summed E-state index contributed by atoms with van der Waals surface area (Å²) in [6, 6.07) is 9.54. The van der Waals surface area contributed by atoms with Crippen molar-refractivity contribution in [1.29, 1.82) is 0 Å². The summed E-state index contributed by atoms with van der Waals surface area (Å²) in [6.07, 6.45) is 7.73. The minimum atomic E-state index is -0.775. The number of pyridine rings is 1. The molecular formula is C22H19FN2O5. The zero-order chi connectivity index (χ0) is 21.5. The molecule has 1 aliphatic heterocycles. The number of anilines is 1. The lowest BCUT2D eigenvalue weighted by Gasteiger charge is -2.23. The molecule has 0 unspecified atom stereocenters. The van der Waals surface area contributed by atoms with Crippen LogP contribution in [-0.2, 0) is 25.7 Å². The fraction of sp³-hybridized carbons (Fsp3) is 0.136. The van der Waals surface area contributed by atoms with Crippen LogP contribution in [0.5, 0.6) is 5.75 Å². The van der Waals surface area contributed by atoms with E-state index in [0.29, 0.717) is 11.4 Å². The van der Waals surface area contributed by atoms with Crippen LogP contribution in [-0.4, -0.2) is 31.1 Å². The molecule has 154 valence electrons. The maximum Gasteiger partial charge on any atom is 0.355 e. The molecular weight excluding hydrogens is 391 g/mol. The number of aromatic nitrogens is 1. The first-order valence-corrected chi connectivity index (χ1v) is 8.92. The van der Waals surface area contributed by atoms with Crippen molar-refractivity contribution in [2.24, 2.45) is 0 Å². The number of hydrogen-bond acceptors (Lipinski definition) is 7. The number of rotatable bonds is 6. The first kappa shape index (κ1) is 20.8. The van der Waals surface area contributed by atoms with Crippen molar-refractivity contribution in [2.45, 2.75) is 6.61 Å². The molecule has 0 aliphatic carbocycles. The van der Waals surface area contributed by atoms with Gasteiger partial charge >= 0.3 is 11.9 Å². The highest BCUT2D eigenvalue weighted by molar-refractivity contribution is 6.05. The second-order valence-electron chi connectivity index (χ2n) is 6.04. The van der Waals surface area contributed by atoms with Gasteiger partial charge in [-0.1, -0.05) is 12.1 Å². The molecule has 2 aromatic rings. The third-order valence-corrected chi connectivity index (χ3v) is 4.18. The summed E-state index contributed by atoms with van der Waals surface area (Å²) in [5.74, 6) is -2.12. The monoisotopic (exact) mass is 410 g/mol. The van der Waals surface area contributed by atoms with Crippen LogP contribution < -0.4 is 9.64 Å². The lowest BCUT2D eigenvalue weighted by atomic mass is 10.1. The lowest BCUT2D eigenvalue weighted by Crippen LogP contribution is -2.27. The van der Waals surface area contributed by atoms with Gasteiger partial charge in [-0.25, -0.2) is 14.0 Å². The van der Waals surface area contributed by atoms with Crippen LogP contribution in [0.1, 0.15) is 5.69 Å². The predicted molar refractivity (Wildman–Crippen MR) is 107 cm³/mol. The molecule has 0 amide bonds. The van der Waals surface area contributed by atoms with Crippen LogP contribution in [0.4, 0.5) is 10.1 Å². The Morgan fingerprint density at radius 3 is 2.53 bits per heavy atom. The van der Waals surface area contributed by atoms with Gasteiger partial charge in [-0.05, 0) is 36.4 Å². The van der Waals surface area contributed by atoms with E-state index in [2.05, 4.69) is 4.98 Å². The predicted octanol–water partition coefficient (Wildman–Crippen LogP) is 3.29. The summed E-state index contributed by atoms with van der Waals surface area (Å²) in [5, 5.41) is 0. The van der Waals surface area contributed by atoms with Gasteiger partial charge in [-0.2, -0.15) is 0 Å². The molecule has 0 atom stereocenters. The van der Waals surface area contributed by atoms with Crippen molar-refractivity contribution in [3.63, 3.8) is 0 Å². The van der Waals surface area contributed by atoms with E-state index in [9.17, 15) is 14.0 Å². The first-order valence-electron chi connectivity index (χ1n) is 8.92. The summed E-state index contributed by atoms with van der Waals surface area (Å²) in [7, 11) is 2.39. The smallest absolute Gasteiger partial charge is 0.355 e. The van der Waals surface area contributed by atoms with E-state index in [1.807, 2.05) is 6.07 Å². The van der Waals surface area contributed by atoms with Crippen molar-refractivity contribution in [3.8, 4) is 5.75 Å². The van der Waals surface area contributed by atoms with E-state index < -0.39 is 17.8 Å². The quantitative estimate of drug-likeness (QED) is 0.676. The number of carbonyl (C=O) groups is 2. The summed E-state index contributed by atoms with van der Waals surface area (Å²) in [5.41, 5.74) is 0.821. The second-order valence-corrected chi connectivity index (χ2v) is 6.04. The van der Waals surface area contributed by atoms with Crippen molar-refractivity contribution in [1.82, 2.24) is 4.98 Å². The van der Waals surface area contributed by atoms with Crippen molar-refractivity contribution in [3.05, 3.63) is 89.8 Å². The standard InChI is InChI=1S/C22H19FN2O5/c1-28-21(26)17-8-4-6-12-25(20(17)22(27)29-2)16-9-10-19(18(23)13-16)30-14-15-7-3-5-11-24-15/h3-13H,14H2,1-2H3. The topological polar surface area (TPSA) is 78.0 Å².